The van der Waals surface area contributed by atoms with E-state index in [2.05, 4.69) is 9.88 Å². The summed E-state index contributed by atoms with van der Waals surface area (Å²) in [7, 11) is 9.90. The molecule has 3 unspecified atom stereocenters. The highest BCUT2D eigenvalue weighted by Crippen LogP contribution is 2.69. The molecule has 0 radical (unpaired) electrons. The Hall–Kier alpha value is -3.02. The molecular weight excluding hydrogens is 681 g/mol. The Kier molecular flexibility index (Phi) is 5.99. The maximum absolute atomic E-state index is 14.4. The Morgan fingerprint density at radius 2 is 1.36 bits per heavy atom. The molecule has 0 aliphatic carbocycles. The van der Waals surface area contributed by atoms with E-state index in [4.69, 9.17) is 0 Å². The lowest BCUT2D eigenvalue weighted by Gasteiger charge is -2.58. The molecule has 8 aliphatic heterocycles. The number of aliphatic hydroxyl groups is 2. The summed E-state index contributed by atoms with van der Waals surface area (Å²) in [5.74, 6) is -1.11. The van der Waals surface area contributed by atoms with Gasteiger partial charge in [0, 0.05) is 62.3 Å². The molecule has 11 rings (SSSR count). The van der Waals surface area contributed by atoms with Crippen LogP contribution >= 0.6 is 43.2 Å². The van der Waals surface area contributed by atoms with Crippen LogP contribution in [0.3, 0.4) is 0 Å². The topological polar surface area (TPSA) is 139 Å². The minimum absolute atomic E-state index is 0.203. The van der Waals surface area contributed by atoms with Gasteiger partial charge in [0.2, 0.25) is 9.74 Å². The molecule has 3 aromatic rings. The molecule has 7 fully saturated rings. The number of carbonyl (C=O) groups excluding carboxylic acids is 4. The van der Waals surface area contributed by atoms with Gasteiger partial charge in [0.25, 0.3) is 23.6 Å². The minimum atomic E-state index is -1.43. The van der Waals surface area contributed by atoms with E-state index >= 15 is 0 Å². The molecule has 7 saturated heterocycles. The van der Waals surface area contributed by atoms with Crippen molar-refractivity contribution in [3.8, 4) is 0 Å². The van der Waals surface area contributed by atoms with Gasteiger partial charge in [-0.2, -0.15) is 0 Å². The van der Waals surface area contributed by atoms with Crippen LogP contribution in [0.4, 0.5) is 5.69 Å². The van der Waals surface area contributed by atoms with Crippen molar-refractivity contribution in [2.45, 2.75) is 44.0 Å². The van der Waals surface area contributed by atoms with Crippen LogP contribution in [0.15, 0.2) is 54.7 Å². The van der Waals surface area contributed by atoms with Crippen molar-refractivity contribution in [3.05, 3.63) is 65.9 Å². The Labute approximate surface area is 285 Å². The number of carbonyl (C=O) groups is 4. The van der Waals surface area contributed by atoms with E-state index in [1.807, 2.05) is 54.7 Å². The first-order valence-corrected chi connectivity index (χ1v) is 19.4. The fourth-order valence-electron chi connectivity index (χ4n) is 8.49. The quantitative estimate of drug-likeness (QED) is 0.335. The van der Waals surface area contributed by atoms with Crippen molar-refractivity contribution in [3.63, 3.8) is 0 Å². The fourth-order valence-corrected chi connectivity index (χ4v) is 15.7. The van der Waals surface area contributed by atoms with Crippen molar-refractivity contribution in [2.24, 2.45) is 0 Å². The molecule has 16 heteroatoms. The molecule has 2 aromatic carbocycles. The molecule has 4 bridgehead atoms. The van der Waals surface area contributed by atoms with Gasteiger partial charge in [-0.05, 0) is 39.3 Å². The first-order valence-electron chi connectivity index (χ1n) is 15.1. The molecular formula is C31H30N6O6S4. The SMILES string of the molecule is CN1C(=O)C2(Cc3cn([C@]45C[C@@]67SSC(CO)(C(=O)N6[C@H]4Nc4ccccc45)N(C)C7=O)c4ccccc34)SSC1(CO)C(=O)N2C. The van der Waals surface area contributed by atoms with Gasteiger partial charge in [-0.25, -0.2) is 0 Å². The molecule has 4 amide bonds. The second-order valence-corrected chi connectivity index (χ2v) is 18.3. The molecule has 9 heterocycles. The lowest BCUT2D eigenvalue weighted by Crippen LogP contribution is -2.77. The van der Waals surface area contributed by atoms with Crippen LogP contribution < -0.4 is 5.32 Å². The van der Waals surface area contributed by atoms with Gasteiger partial charge in [-0.3, -0.25) is 24.1 Å². The van der Waals surface area contributed by atoms with Crippen LogP contribution in [0.1, 0.15) is 17.5 Å². The van der Waals surface area contributed by atoms with Gasteiger partial charge >= 0.3 is 0 Å². The van der Waals surface area contributed by atoms with E-state index < -0.39 is 44.4 Å². The summed E-state index contributed by atoms with van der Waals surface area (Å²) in [6.07, 6.45) is 1.85. The number of fused-ring (bicyclic) bond motifs is 9. The average Bonchev–Trinajstić information content (AvgIpc) is 3.71. The van der Waals surface area contributed by atoms with Gasteiger partial charge in [0.1, 0.15) is 11.7 Å². The fraction of sp³-hybridized carbons (Fsp3) is 0.419. The number of hydrogen-bond donors (Lipinski definition) is 3. The van der Waals surface area contributed by atoms with Crippen LogP contribution in [0.2, 0.25) is 0 Å². The zero-order chi connectivity index (χ0) is 32.9. The smallest absolute Gasteiger partial charge is 0.265 e. The molecule has 1 spiro atoms. The summed E-state index contributed by atoms with van der Waals surface area (Å²) in [6, 6.07) is 15.8. The lowest BCUT2D eigenvalue weighted by atomic mass is 9.86. The monoisotopic (exact) mass is 710 g/mol. The summed E-state index contributed by atoms with van der Waals surface area (Å²) >= 11 is 0. The first kappa shape index (κ1) is 30.1. The number of para-hydroxylation sites is 2. The highest BCUT2D eigenvalue weighted by molar-refractivity contribution is 8.78. The number of aliphatic hydroxyl groups excluding tert-OH is 2. The molecule has 12 nitrogen and oxygen atoms in total. The van der Waals surface area contributed by atoms with Gasteiger partial charge in [0.15, 0.2) is 9.74 Å². The summed E-state index contributed by atoms with van der Waals surface area (Å²) in [6.45, 7) is -0.994. The summed E-state index contributed by atoms with van der Waals surface area (Å²) in [5, 5.41) is 25.2. The third kappa shape index (κ3) is 3.12. The second kappa shape index (κ2) is 9.36. The number of rotatable bonds is 5. The van der Waals surface area contributed by atoms with E-state index in [1.165, 1.54) is 57.9 Å². The van der Waals surface area contributed by atoms with E-state index in [0.29, 0.717) is 0 Å². The largest absolute Gasteiger partial charge is 0.392 e. The van der Waals surface area contributed by atoms with Crippen LogP contribution in [0.5, 0.6) is 0 Å². The molecule has 0 saturated carbocycles. The van der Waals surface area contributed by atoms with E-state index in [-0.39, 0.29) is 36.5 Å². The Bertz CT molecular complexity index is 1980. The average molecular weight is 711 g/mol. The van der Waals surface area contributed by atoms with Crippen LogP contribution in [0.25, 0.3) is 10.9 Å². The second-order valence-electron chi connectivity index (χ2n) is 13.0. The van der Waals surface area contributed by atoms with Crippen molar-refractivity contribution < 1.29 is 29.4 Å². The number of benzene rings is 2. The summed E-state index contributed by atoms with van der Waals surface area (Å²) in [4.78, 5) is 57.1. The van der Waals surface area contributed by atoms with Crippen molar-refractivity contribution in [1.29, 1.82) is 0 Å². The maximum Gasteiger partial charge on any atom is 0.265 e. The van der Waals surface area contributed by atoms with Gasteiger partial charge in [-0.15, -0.1) is 0 Å². The Morgan fingerprint density at radius 1 is 0.766 bits per heavy atom. The van der Waals surface area contributed by atoms with Crippen molar-refractivity contribution >= 4 is 83.4 Å². The predicted octanol–water partition coefficient (Wildman–Crippen LogP) is 1.87. The number of nitrogens with one attached hydrogen (secondary N) is 1. The number of piperazine rings is 2. The zero-order valence-corrected chi connectivity index (χ0v) is 28.8. The van der Waals surface area contributed by atoms with Gasteiger partial charge in [0.05, 0.1) is 13.2 Å². The maximum atomic E-state index is 14.4. The van der Waals surface area contributed by atoms with E-state index in [1.54, 1.807) is 26.0 Å². The number of hydrogen-bond acceptors (Lipinski definition) is 11. The van der Waals surface area contributed by atoms with Gasteiger partial charge < -0.3 is 34.8 Å². The van der Waals surface area contributed by atoms with Crippen LogP contribution in [-0.2, 0) is 31.1 Å². The predicted molar refractivity (Wildman–Crippen MR) is 182 cm³/mol. The molecule has 47 heavy (non-hydrogen) atoms. The molecule has 6 atom stereocenters. The van der Waals surface area contributed by atoms with E-state index in [9.17, 15) is 29.4 Å². The number of nitrogens with zero attached hydrogens (tertiary/aromatic N) is 5. The Morgan fingerprint density at radius 3 is 2.13 bits per heavy atom. The summed E-state index contributed by atoms with van der Waals surface area (Å²) < 4.78 is 2.16. The van der Waals surface area contributed by atoms with Gasteiger partial charge in [-0.1, -0.05) is 58.0 Å². The number of aromatic nitrogens is 1. The van der Waals surface area contributed by atoms with Crippen molar-refractivity contribution in [1.82, 2.24) is 24.2 Å². The third-order valence-corrected chi connectivity index (χ3v) is 18.4. The molecule has 3 N–H and O–H groups in total. The van der Waals surface area contributed by atoms with Crippen LogP contribution in [0, 0.1) is 0 Å². The van der Waals surface area contributed by atoms with E-state index in [0.717, 1.165) is 27.7 Å². The number of amides is 4. The minimum Gasteiger partial charge on any atom is -0.392 e. The normalized spacial score (nSPS) is 36.8. The highest BCUT2D eigenvalue weighted by atomic mass is 33.1. The Balaban J connectivity index is 1.25. The van der Waals surface area contributed by atoms with Crippen molar-refractivity contribution in [2.75, 3.05) is 39.7 Å². The zero-order valence-electron chi connectivity index (χ0n) is 25.5. The molecule has 8 aliphatic rings. The third-order valence-electron chi connectivity index (χ3n) is 11.1. The van der Waals surface area contributed by atoms with Crippen LogP contribution in [-0.4, -0.2) is 118 Å². The lowest BCUT2D eigenvalue weighted by molar-refractivity contribution is -0.166. The number of anilines is 1. The standard InChI is InChI=1S/C31H30N6O6S4/c1-33-25(42)30(15-38)34(2)23(40)28(33,44-46-30)12-17-13-36(21-11-7-4-8-18(17)21)27-14-29-24(41)35(3)31(16-39,47-45-29)26(43)37(29)22(27)32-20-10-6-5-9-19(20)27/h4-11,13,22,32,38-39H,12,14-16H2,1-3H3/t22-,27+,28?,29+,30?,31?/m1/s1. The molecule has 244 valence electrons. The number of likely N-dealkylation sites (N-methyl/N-ethyl adjacent to an activating group) is 3. The highest BCUT2D eigenvalue weighted by Gasteiger charge is 2.78. The summed E-state index contributed by atoms with van der Waals surface area (Å²) in [5.41, 5.74) is 2.55. The first-order chi connectivity index (χ1) is 22.5. The molecule has 1 aromatic heterocycles.